The number of benzene rings is 2. The molecule has 2 aromatic heterocycles. The van der Waals surface area contributed by atoms with Crippen molar-refractivity contribution in [2.75, 3.05) is 5.32 Å². The molecule has 9 heteroatoms. The summed E-state index contributed by atoms with van der Waals surface area (Å²) in [6, 6.07) is 15.1. The molecule has 8 nitrogen and oxygen atoms in total. The van der Waals surface area contributed by atoms with Crippen LogP contribution in [0.5, 0.6) is 0 Å². The normalized spacial score (nSPS) is 10.9. The Kier molecular flexibility index (Phi) is 4.63. The number of rotatable bonds is 5. The summed E-state index contributed by atoms with van der Waals surface area (Å²) in [7, 11) is 0. The molecule has 0 bridgehead atoms. The Hall–Kier alpha value is -3.88. The highest BCUT2D eigenvalue weighted by atomic mass is 19.1. The number of anilines is 1. The molecular formula is C19H15FN6O2. The van der Waals surface area contributed by atoms with Crippen molar-refractivity contribution in [2.45, 2.75) is 13.1 Å². The number of fused-ring (bicyclic) bond motifs is 1. The average Bonchev–Trinajstić information content (AvgIpc) is 3.08. The Morgan fingerprint density at radius 2 is 1.93 bits per heavy atom. The Bertz CT molecular complexity index is 1200. The van der Waals surface area contributed by atoms with Gasteiger partial charge in [-0.2, -0.15) is 0 Å². The van der Waals surface area contributed by atoms with E-state index in [1.54, 1.807) is 6.07 Å². The third kappa shape index (κ3) is 3.63. The molecule has 0 aliphatic rings. The molecule has 0 spiro atoms. The topological polar surface area (TPSA) is 94.7 Å². The van der Waals surface area contributed by atoms with Crippen LogP contribution in [-0.4, -0.2) is 30.5 Å². The van der Waals surface area contributed by atoms with Gasteiger partial charge >= 0.3 is 0 Å². The van der Waals surface area contributed by atoms with Crippen LogP contribution in [-0.2, 0) is 17.9 Å². The molecule has 2 heterocycles. The first-order valence-corrected chi connectivity index (χ1v) is 8.48. The van der Waals surface area contributed by atoms with E-state index in [1.807, 2.05) is 30.3 Å². The maximum absolute atomic E-state index is 13.2. The molecule has 0 aliphatic carbocycles. The number of nitrogens with one attached hydrogen (secondary N) is 1. The van der Waals surface area contributed by atoms with Crippen LogP contribution < -0.4 is 10.9 Å². The van der Waals surface area contributed by atoms with Gasteiger partial charge in [0.1, 0.15) is 18.7 Å². The van der Waals surface area contributed by atoms with Gasteiger partial charge in [0.25, 0.3) is 5.56 Å². The first kappa shape index (κ1) is 17.5. The number of carbonyl (C=O) groups is 1. The van der Waals surface area contributed by atoms with Crippen LogP contribution >= 0.6 is 0 Å². The van der Waals surface area contributed by atoms with Gasteiger partial charge in [-0.1, -0.05) is 41.6 Å². The van der Waals surface area contributed by atoms with Gasteiger partial charge in [0, 0.05) is 5.69 Å². The van der Waals surface area contributed by atoms with E-state index in [4.69, 9.17) is 0 Å². The van der Waals surface area contributed by atoms with Crippen LogP contribution in [0.15, 0.2) is 65.7 Å². The van der Waals surface area contributed by atoms with Crippen LogP contribution in [0.2, 0.25) is 0 Å². The van der Waals surface area contributed by atoms with Gasteiger partial charge in [0.2, 0.25) is 5.91 Å². The minimum Gasteiger partial charge on any atom is -0.324 e. The molecule has 2 aromatic carbocycles. The fourth-order valence-electron chi connectivity index (χ4n) is 2.78. The second-order valence-electron chi connectivity index (χ2n) is 6.14. The van der Waals surface area contributed by atoms with Crippen LogP contribution in [0.1, 0.15) is 5.56 Å². The standard InChI is InChI=1S/C19H15FN6O2/c20-14-7-4-8-15(9-14)22-16(27)11-25-12-21-18-17(19(25)28)23-24-26(18)10-13-5-2-1-3-6-13/h1-9,12H,10-11H2,(H,22,27). The van der Waals surface area contributed by atoms with Crippen molar-refractivity contribution < 1.29 is 9.18 Å². The van der Waals surface area contributed by atoms with E-state index in [0.29, 0.717) is 17.9 Å². The second kappa shape index (κ2) is 7.39. The first-order valence-electron chi connectivity index (χ1n) is 8.48. The monoisotopic (exact) mass is 378 g/mol. The van der Waals surface area contributed by atoms with Crippen molar-refractivity contribution in [1.29, 1.82) is 0 Å². The quantitative estimate of drug-likeness (QED) is 0.572. The maximum Gasteiger partial charge on any atom is 0.283 e. The third-order valence-electron chi connectivity index (χ3n) is 4.09. The minimum absolute atomic E-state index is 0.0805. The van der Waals surface area contributed by atoms with E-state index in [9.17, 15) is 14.0 Å². The highest BCUT2D eigenvalue weighted by Gasteiger charge is 2.14. The zero-order valence-corrected chi connectivity index (χ0v) is 14.6. The summed E-state index contributed by atoms with van der Waals surface area (Å²) in [5, 5.41) is 10.4. The molecule has 0 unspecified atom stereocenters. The average molecular weight is 378 g/mol. The lowest BCUT2D eigenvalue weighted by Crippen LogP contribution is -2.28. The lowest BCUT2D eigenvalue weighted by atomic mass is 10.2. The first-order chi connectivity index (χ1) is 13.6. The molecular weight excluding hydrogens is 363 g/mol. The van der Waals surface area contributed by atoms with Gasteiger partial charge in [0.15, 0.2) is 11.2 Å². The fourth-order valence-corrected chi connectivity index (χ4v) is 2.78. The van der Waals surface area contributed by atoms with Crippen LogP contribution in [0.25, 0.3) is 11.2 Å². The highest BCUT2D eigenvalue weighted by Crippen LogP contribution is 2.10. The molecule has 1 amide bonds. The smallest absolute Gasteiger partial charge is 0.283 e. The summed E-state index contributed by atoms with van der Waals surface area (Å²) in [4.78, 5) is 29.0. The van der Waals surface area contributed by atoms with E-state index in [0.717, 1.165) is 10.1 Å². The van der Waals surface area contributed by atoms with E-state index in [1.165, 1.54) is 29.2 Å². The molecule has 0 fully saturated rings. The molecule has 0 aliphatic heterocycles. The summed E-state index contributed by atoms with van der Waals surface area (Å²) in [6.07, 6.45) is 1.28. The summed E-state index contributed by atoms with van der Waals surface area (Å²) >= 11 is 0. The molecule has 140 valence electrons. The number of halogens is 1. The zero-order chi connectivity index (χ0) is 19.5. The molecule has 0 saturated heterocycles. The van der Waals surface area contributed by atoms with Crippen molar-refractivity contribution in [1.82, 2.24) is 24.5 Å². The van der Waals surface area contributed by atoms with Crippen molar-refractivity contribution in [3.8, 4) is 0 Å². The number of nitrogens with zero attached hydrogens (tertiary/aromatic N) is 5. The van der Waals surface area contributed by atoms with Gasteiger partial charge in [-0.05, 0) is 23.8 Å². The Morgan fingerprint density at radius 3 is 2.71 bits per heavy atom. The minimum atomic E-state index is -0.481. The Balaban J connectivity index is 1.55. The summed E-state index contributed by atoms with van der Waals surface area (Å²) < 4.78 is 15.9. The van der Waals surface area contributed by atoms with Gasteiger partial charge in [0.05, 0.1) is 6.54 Å². The molecule has 0 saturated carbocycles. The summed E-state index contributed by atoms with van der Waals surface area (Å²) in [5.74, 6) is -0.946. The SMILES string of the molecule is O=C(Cn1cnc2c(nnn2Cc2ccccc2)c1=O)Nc1cccc(F)c1. The number of carbonyl (C=O) groups excluding carboxylic acids is 1. The molecule has 28 heavy (non-hydrogen) atoms. The zero-order valence-electron chi connectivity index (χ0n) is 14.6. The molecule has 0 atom stereocenters. The summed E-state index contributed by atoms with van der Waals surface area (Å²) in [6.45, 7) is 0.150. The van der Waals surface area contributed by atoms with Crippen LogP contribution in [0.4, 0.5) is 10.1 Å². The van der Waals surface area contributed by atoms with Crippen molar-refractivity contribution in [3.05, 3.63) is 82.7 Å². The third-order valence-corrected chi connectivity index (χ3v) is 4.09. The number of hydrogen-bond acceptors (Lipinski definition) is 5. The number of aromatic nitrogens is 5. The summed E-state index contributed by atoms with van der Waals surface area (Å²) in [5.41, 5.74) is 1.25. The predicted octanol–water partition coefficient (Wildman–Crippen LogP) is 1.81. The maximum atomic E-state index is 13.2. The number of amides is 1. The molecule has 4 rings (SSSR count). The van der Waals surface area contributed by atoms with E-state index in [2.05, 4.69) is 20.6 Å². The van der Waals surface area contributed by atoms with Gasteiger partial charge in [-0.15, -0.1) is 5.10 Å². The second-order valence-corrected chi connectivity index (χ2v) is 6.14. The van der Waals surface area contributed by atoms with E-state index in [-0.39, 0.29) is 12.1 Å². The molecule has 0 radical (unpaired) electrons. The van der Waals surface area contributed by atoms with E-state index < -0.39 is 17.3 Å². The lowest BCUT2D eigenvalue weighted by molar-refractivity contribution is -0.116. The largest absolute Gasteiger partial charge is 0.324 e. The molecule has 1 N–H and O–H groups in total. The van der Waals surface area contributed by atoms with Crippen molar-refractivity contribution >= 4 is 22.8 Å². The lowest BCUT2D eigenvalue weighted by Gasteiger charge is -2.07. The van der Waals surface area contributed by atoms with Crippen molar-refractivity contribution in [2.24, 2.45) is 0 Å². The van der Waals surface area contributed by atoms with Gasteiger partial charge in [-0.3, -0.25) is 14.2 Å². The Morgan fingerprint density at radius 1 is 1.11 bits per heavy atom. The van der Waals surface area contributed by atoms with E-state index >= 15 is 0 Å². The van der Waals surface area contributed by atoms with Crippen LogP contribution in [0, 0.1) is 5.82 Å². The van der Waals surface area contributed by atoms with Gasteiger partial charge < -0.3 is 5.32 Å². The van der Waals surface area contributed by atoms with Gasteiger partial charge in [-0.25, -0.2) is 14.1 Å². The molecule has 4 aromatic rings. The van der Waals surface area contributed by atoms with Crippen molar-refractivity contribution in [3.63, 3.8) is 0 Å². The fraction of sp³-hybridized carbons (Fsp3) is 0.105. The highest BCUT2D eigenvalue weighted by molar-refractivity contribution is 5.90. The predicted molar refractivity (Wildman–Crippen MR) is 100 cm³/mol. The van der Waals surface area contributed by atoms with Crippen LogP contribution in [0.3, 0.4) is 0 Å². The Labute approximate surface area is 158 Å². The number of hydrogen-bond donors (Lipinski definition) is 1.